The third kappa shape index (κ3) is 5.30. The lowest BCUT2D eigenvalue weighted by molar-refractivity contribution is -0.144. The van der Waals surface area contributed by atoms with Crippen molar-refractivity contribution in [2.75, 3.05) is 26.6 Å². The maximum Gasteiger partial charge on any atom is 0.313 e. The largest absolute Gasteiger partial charge is 0.493 e. The molecule has 7 heteroatoms. The molecule has 4 rings (SSSR count). The number of esters is 1. The maximum absolute atomic E-state index is 13.2. The zero-order chi connectivity index (χ0) is 25.5. The third-order valence-electron chi connectivity index (χ3n) is 5.91. The fourth-order valence-corrected chi connectivity index (χ4v) is 4.11. The van der Waals surface area contributed by atoms with Gasteiger partial charge in [0.15, 0.2) is 17.3 Å². The van der Waals surface area contributed by atoms with Crippen molar-refractivity contribution in [2.24, 2.45) is 0 Å². The quantitative estimate of drug-likeness (QED) is 0.323. The van der Waals surface area contributed by atoms with Gasteiger partial charge in [0.2, 0.25) is 0 Å². The molecule has 184 valence electrons. The second-order valence-electron chi connectivity index (χ2n) is 8.11. The second-order valence-corrected chi connectivity index (χ2v) is 8.11. The summed E-state index contributed by atoms with van der Waals surface area (Å²) in [7, 11) is 3.13. The van der Waals surface area contributed by atoms with Gasteiger partial charge < -0.3 is 19.9 Å². The van der Waals surface area contributed by atoms with Gasteiger partial charge in [-0.3, -0.25) is 4.79 Å². The van der Waals surface area contributed by atoms with Gasteiger partial charge in [0.05, 0.1) is 32.4 Å². The molecule has 36 heavy (non-hydrogen) atoms. The lowest BCUT2D eigenvalue weighted by Crippen LogP contribution is -2.20. The van der Waals surface area contributed by atoms with E-state index in [1.165, 1.54) is 0 Å². The average Bonchev–Trinajstić information content (AvgIpc) is 2.92. The van der Waals surface area contributed by atoms with Crippen LogP contribution in [0.15, 0.2) is 78.9 Å². The molecule has 0 aliphatic heterocycles. The summed E-state index contributed by atoms with van der Waals surface area (Å²) >= 11 is 0. The van der Waals surface area contributed by atoms with E-state index in [2.05, 4.69) is 4.98 Å². The van der Waals surface area contributed by atoms with E-state index in [9.17, 15) is 4.79 Å². The number of hydrogen-bond acceptors (Lipinski definition) is 7. The van der Waals surface area contributed by atoms with Gasteiger partial charge in [0.1, 0.15) is 5.82 Å². The first-order valence-corrected chi connectivity index (χ1v) is 11.7. The van der Waals surface area contributed by atoms with E-state index in [0.717, 1.165) is 16.7 Å². The Kier molecular flexibility index (Phi) is 7.80. The van der Waals surface area contributed by atoms with Crippen molar-refractivity contribution >= 4 is 11.8 Å². The Hall–Kier alpha value is -4.39. The standard InChI is InChI=1S/C29H29N3O4/c1-4-36-29(33)22(21-15-16-24(34-2)25(17-21)35-3)18-23-26(19-11-7-5-8-12-19)31-28(32-27(23)30)20-13-9-6-10-14-20/h5-17,22H,4,18H2,1-3H3,(H2,30,31,32). The average molecular weight is 484 g/mol. The van der Waals surface area contributed by atoms with Crippen LogP contribution < -0.4 is 15.2 Å². The van der Waals surface area contributed by atoms with Crippen LogP contribution in [-0.4, -0.2) is 36.8 Å². The Labute approximate surface area is 210 Å². The van der Waals surface area contributed by atoms with E-state index in [4.69, 9.17) is 24.9 Å². The fourth-order valence-electron chi connectivity index (χ4n) is 4.11. The van der Waals surface area contributed by atoms with Gasteiger partial charge in [-0.2, -0.15) is 0 Å². The minimum absolute atomic E-state index is 0.249. The van der Waals surface area contributed by atoms with E-state index in [1.807, 2.05) is 66.7 Å². The van der Waals surface area contributed by atoms with Gasteiger partial charge in [0.25, 0.3) is 0 Å². The predicted octanol–water partition coefficient (Wildman–Crippen LogP) is 5.30. The highest BCUT2D eigenvalue weighted by molar-refractivity contribution is 5.81. The van der Waals surface area contributed by atoms with Gasteiger partial charge in [-0.05, 0) is 31.0 Å². The van der Waals surface area contributed by atoms with E-state index in [1.54, 1.807) is 33.3 Å². The fraction of sp³-hybridized carbons (Fsp3) is 0.207. The first kappa shape index (κ1) is 24.7. The number of ether oxygens (including phenoxy) is 3. The Balaban J connectivity index is 1.85. The maximum atomic E-state index is 13.2. The summed E-state index contributed by atoms with van der Waals surface area (Å²) < 4.78 is 16.3. The minimum Gasteiger partial charge on any atom is -0.493 e. The summed E-state index contributed by atoms with van der Waals surface area (Å²) in [6.45, 7) is 2.04. The summed E-state index contributed by atoms with van der Waals surface area (Å²) in [6, 6.07) is 24.8. The topological polar surface area (TPSA) is 96.6 Å². The number of nitrogen functional groups attached to an aromatic ring is 1. The summed E-state index contributed by atoms with van der Waals surface area (Å²) in [4.78, 5) is 22.7. The molecule has 1 aromatic heterocycles. The molecule has 0 bridgehead atoms. The molecule has 0 aliphatic rings. The Morgan fingerprint density at radius 2 is 1.50 bits per heavy atom. The first-order chi connectivity index (χ1) is 17.5. The van der Waals surface area contributed by atoms with Crippen LogP contribution in [-0.2, 0) is 16.0 Å². The minimum atomic E-state index is -0.652. The number of carbonyl (C=O) groups excluding carboxylic acids is 1. The first-order valence-electron chi connectivity index (χ1n) is 11.7. The molecule has 0 radical (unpaired) electrons. The SMILES string of the molecule is CCOC(=O)C(Cc1c(N)nc(-c2ccccc2)nc1-c1ccccc1)c1ccc(OC)c(OC)c1. The number of nitrogens with zero attached hydrogens (tertiary/aromatic N) is 2. The van der Waals surface area contributed by atoms with Crippen LogP contribution in [0.4, 0.5) is 5.82 Å². The molecule has 3 aromatic carbocycles. The summed E-state index contributed by atoms with van der Waals surface area (Å²) in [5, 5.41) is 0. The highest BCUT2D eigenvalue weighted by Gasteiger charge is 2.28. The molecular weight excluding hydrogens is 454 g/mol. The summed E-state index contributed by atoms with van der Waals surface area (Å²) in [6.07, 6.45) is 0.249. The Morgan fingerprint density at radius 3 is 2.11 bits per heavy atom. The lowest BCUT2D eigenvalue weighted by Gasteiger charge is -2.20. The van der Waals surface area contributed by atoms with E-state index < -0.39 is 5.92 Å². The number of rotatable bonds is 9. The number of methoxy groups -OCH3 is 2. The van der Waals surface area contributed by atoms with Gasteiger partial charge in [-0.25, -0.2) is 9.97 Å². The van der Waals surface area contributed by atoms with E-state index >= 15 is 0 Å². The molecule has 1 heterocycles. The van der Waals surface area contributed by atoms with Crippen LogP contribution in [0.2, 0.25) is 0 Å². The molecule has 4 aromatic rings. The molecule has 1 atom stereocenters. The van der Waals surface area contributed by atoms with Gasteiger partial charge in [-0.1, -0.05) is 66.7 Å². The van der Waals surface area contributed by atoms with Crippen LogP contribution in [0.5, 0.6) is 11.5 Å². The summed E-state index contributed by atoms with van der Waals surface area (Å²) in [5.74, 6) is 0.920. The van der Waals surface area contributed by atoms with Crippen molar-refractivity contribution in [2.45, 2.75) is 19.3 Å². The molecule has 7 nitrogen and oxygen atoms in total. The number of nitrogens with two attached hydrogens (primary N) is 1. The van der Waals surface area contributed by atoms with E-state index in [0.29, 0.717) is 34.4 Å². The Morgan fingerprint density at radius 1 is 0.861 bits per heavy atom. The number of benzene rings is 3. The van der Waals surface area contributed by atoms with Crippen LogP contribution in [0.3, 0.4) is 0 Å². The highest BCUT2D eigenvalue weighted by Crippen LogP contribution is 2.36. The zero-order valence-corrected chi connectivity index (χ0v) is 20.6. The van der Waals surface area contributed by atoms with Gasteiger partial charge >= 0.3 is 5.97 Å². The molecule has 0 saturated heterocycles. The zero-order valence-electron chi connectivity index (χ0n) is 20.6. The van der Waals surface area contributed by atoms with Crippen molar-refractivity contribution in [3.8, 4) is 34.1 Å². The predicted molar refractivity (Wildman–Crippen MR) is 140 cm³/mol. The van der Waals surface area contributed by atoms with Crippen molar-refractivity contribution in [3.05, 3.63) is 90.0 Å². The van der Waals surface area contributed by atoms with Crippen molar-refractivity contribution in [1.29, 1.82) is 0 Å². The molecule has 0 amide bonds. The van der Waals surface area contributed by atoms with Gasteiger partial charge in [0, 0.05) is 16.7 Å². The molecule has 2 N–H and O–H groups in total. The number of carbonyl (C=O) groups is 1. The monoisotopic (exact) mass is 483 g/mol. The Bertz CT molecular complexity index is 1330. The van der Waals surface area contributed by atoms with Crippen LogP contribution >= 0.6 is 0 Å². The normalized spacial score (nSPS) is 11.5. The number of hydrogen-bond donors (Lipinski definition) is 1. The number of anilines is 1. The molecule has 0 fully saturated rings. The molecule has 0 saturated carbocycles. The van der Waals surface area contributed by atoms with Crippen molar-refractivity contribution in [1.82, 2.24) is 9.97 Å². The van der Waals surface area contributed by atoms with E-state index in [-0.39, 0.29) is 19.0 Å². The molecule has 1 unspecified atom stereocenters. The molecule has 0 aliphatic carbocycles. The van der Waals surface area contributed by atoms with Crippen LogP contribution in [0, 0.1) is 0 Å². The highest BCUT2D eigenvalue weighted by atomic mass is 16.5. The third-order valence-corrected chi connectivity index (χ3v) is 5.91. The molecule has 0 spiro atoms. The van der Waals surface area contributed by atoms with Crippen LogP contribution in [0.25, 0.3) is 22.6 Å². The summed E-state index contributed by atoms with van der Waals surface area (Å²) in [5.41, 5.74) is 10.4. The van der Waals surface area contributed by atoms with Crippen LogP contribution in [0.1, 0.15) is 24.0 Å². The number of aromatic nitrogens is 2. The second kappa shape index (κ2) is 11.4. The molecular formula is C29H29N3O4. The lowest BCUT2D eigenvalue weighted by atomic mass is 9.89. The van der Waals surface area contributed by atoms with Crippen molar-refractivity contribution in [3.63, 3.8) is 0 Å². The smallest absolute Gasteiger partial charge is 0.313 e. The van der Waals surface area contributed by atoms with Crippen molar-refractivity contribution < 1.29 is 19.0 Å². The van der Waals surface area contributed by atoms with Gasteiger partial charge in [-0.15, -0.1) is 0 Å².